The number of carbonyl (C=O) groups excluding carboxylic acids is 2. The summed E-state index contributed by atoms with van der Waals surface area (Å²) >= 11 is 0. The van der Waals surface area contributed by atoms with Gasteiger partial charge in [0.25, 0.3) is 5.91 Å². The van der Waals surface area contributed by atoms with E-state index in [1.54, 1.807) is 4.90 Å². The van der Waals surface area contributed by atoms with Gasteiger partial charge in [0.1, 0.15) is 0 Å². The Morgan fingerprint density at radius 1 is 1.17 bits per heavy atom. The van der Waals surface area contributed by atoms with Gasteiger partial charge in [0.05, 0.1) is 0 Å². The van der Waals surface area contributed by atoms with E-state index in [0.717, 1.165) is 5.56 Å². The van der Waals surface area contributed by atoms with Crippen LogP contribution < -0.4 is 10.6 Å². The third-order valence-electron chi connectivity index (χ3n) is 4.22. The van der Waals surface area contributed by atoms with Crippen molar-refractivity contribution in [3.8, 4) is 11.1 Å². The largest absolute Gasteiger partial charge is 0.350 e. The molecule has 124 valence electrons. The molecule has 0 unspecified atom stereocenters. The van der Waals surface area contributed by atoms with Crippen LogP contribution in [0.5, 0.6) is 0 Å². The summed E-state index contributed by atoms with van der Waals surface area (Å²) in [5.41, 5.74) is 4.10. The van der Waals surface area contributed by atoms with E-state index in [1.807, 2.05) is 36.4 Å². The number of benzene rings is 2. The smallest absolute Gasteiger partial charge is 0.317 e. The maximum atomic E-state index is 12.2. The van der Waals surface area contributed by atoms with Crippen molar-refractivity contribution in [2.45, 2.75) is 6.92 Å². The molecular formula is C19H21N3O2. The number of hydrogen-bond acceptors (Lipinski definition) is 2. The second-order valence-corrected chi connectivity index (χ2v) is 5.87. The molecule has 5 nitrogen and oxygen atoms in total. The first kappa shape index (κ1) is 16.1. The molecular weight excluding hydrogens is 302 g/mol. The minimum absolute atomic E-state index is 0.0631. The van der Waals surface area contributed by atoms with Crippen molar-refractivity contribution in [2.24, 2.45) is 0 Å². The minimum Gasteiger partial charge on any atom is -0.350 e. The van der Waals surface area contributed by atoms with Crippen molar-refractivity contribution in [1.29, 1.82) is 0 Å². The van der Waals surface area contributed by atoms with E-state index >= 15 is 0 Å². The molecule has 2 aromatic carbocycles. The molecule has 1 fully saturated rings. The topological polar surface area (TPSA) is 61.4 Å². The molecule has 5 heteroatoms. The number of urea groups is 1. The van der Waals surface area contributed by atoms with Gasteiger partial charge in [0, 0.05) is 31.7 Å². The quantitative estimate of drug-likeness (QED) is 0.888. The third kappa shape index (κ3) is 3.56. The molecule has 0 spiro atoms. The maximum Gasteiger partial charge on any atom is 0.317 e. The number of nitrogens with zero attached hydrogens (tertiary/aromatic N) is 1. The fourth-order valence-corrected chi connectivity index (χ4v) is 2.83. The SMILES string of the molecule is Cc1ccccc1-c1ccc(C(=O)NCCN2CCNC2=O)cc1. The van der Waals surface area contributed by atoms with Crippen molar-refractivity contribution in [2.75, 3.05) is 26.2 Å². The molecule has 3 amide bonds. The molecule has 24 heavy (non-hydrogen) atoms. The average Bonchev–Trinajstić information content (AvgIpc) is 3.00. The lowest BCUT2D eigenvalue weighted by atomic mass is 9.99. The number of aryl methyl sites for hydroxylation is 1. The Labute approximate surface area is 141 Å². The number of nitrogens with one attached hydrogen (secondary N) is 2. The van der Waals surface area contributed by atoms with Crippen LogP contribution in [-0.4, -0.2) is 43.0 Å². The Bertz CT molecular complexity index is 741. The second kappa shape index (κ2) is 7.17. The number of hydrogen-bond donors (Lipinski definition) is 2. The molecule has 1 saturated heterocycles. The van der Waals surface area contributed by atoms with Crippen LogP contribution in [0.1, 0.15) is 15.9 Å². The van der Waals surface area contributed by atoms with Crippen LogP contribution in [0.4, 0.5) is 4.79 Å². The molecule has 0 aliphatic carbocycles. The normalized spacial score (nSPS) is 13.7. The van der Waals surface area contributed by atoms with E-state index in [-0.39, 0.29) is 11.9 Å². The minimum atomic E-state index is -0.120. The van der Waals surface area contributed by atoms with Crippen LogP contribution in [0.3, 0.4) is 0 Å². The highest BCUT2D eigenvalue weighted by Crippen LogP contribution is 2.23. The molecule has 0 radical (unpaired) electrons. The maximum absolute atomic E-state index is 12.2. The van der Waals surface area contributed by atoms with Crippen molar-refractivity contribution < 1.29 is 9.59 Å². The first-order chi connectivity index (χ1) is 11.6. The predicted molar refractivity (Wildman–Crippen MR) is 93.9 cm³/mol. The van der Waals surface area contributed by atoms with E-state index in [2.05, 4.69) is 29.7 Å². The van der Waals surface area contributed by atoms with Crippen LogP contribution in [0.2, 0.25) is 0 Å². The van der Waals surface area contributed by atoms with Gasteiger partial charge in [-0.25, -0.2) is 4.79 Å². The lowest BCUT2D eigenvalue weighted by Crippen LogP contribution is -2.36. The van der Waals surface area contributed by atoms with Gasteiger partial charge in [0.15, 0.2) is 0 Å². The van der Waals surface area contributed by atoms with E-state index < -0.39 is 0 Å². The molecule has 3 rings (SSSR count). The summed E-state index contributed by atoms with van der Waals surface area (Å²) in [5.74, 6) is -0.120. The van der Waals surface area contributed by atoms with Crippen LogP contribution in [-0.2, 0) is 0 Å². The first-order valence-electron chi connectivity index (χ1n) is 8.12. The molecule has 0 saturated carbocycles. The zero-order chi connectivity index (χ0) is 16.9. The third-order valence-corrected chi connectivity index (χ3v) is 4.22. The summed E-state index contributed by atoms with van der Waals surface area (Å²) in [7, 11) is 0. The van der Waals surface area contributed by atoms with E-state index in [9.17, 15) is 9.59 Å². The highest BCUT2D eigenvalue weighted by atomic mass is 16.2. The lowest BCUT2D eigenvalue weighted by Gasteiger charge is -2.14. The Balaban J connectivity index is 1.58. The van der Waals surface area contributed by atoms with Gasteiger partial charge in [-0.05, 0) is 35.7 Å². The van der Waals surface area contributed by atoms with Crippen molar-refractivity contribution in [3.63, 3.8) is 0 Å². The van der Waals surface area contributed by atoms with Crippen molar-refractivity contribution >= 4 is 11.9 Å². The summed E-state index contributed by atoms with van der Waals surface area (Å²) in [6.45, 7) is 4.42. The van der Waals surface area contributed by atoms with Gasteiger partial charge < -0.3 is 15.5 Å². The summed E-state index contributed by atoms with van der Waals surface area (Å²) in [6, 6.07) is 15.7. The second-order valence-electron chi connectivity index (χ2n) is 5.87. The van der Waals surface area contributed by atoms with Crippen LogP contribution >= 0.6 is 0 Å². The van der Waals surface area contributed by atoms with Gasteiger partial charge in [-0.1, -0.05) is 36.4 Å². The standard InChI is InChI=1S/C19H21N3O2/c1-14-4-2-3-5-17(14)15-6-8-16(9-7-15)18(23)20-10-12-22-13-11-21-19(22)24/h2-9H,10-13H2,1H3,(H,20,23)(H,21,24). The monoisotopic (exact) mass is 323 g/mol. The van der Waals surface area contributed by atoms with E-state index in [4.69, 9.17) is 0 Å². The lowest BCUT2D eigenvalue weighted by molar-refractivity contribution is 0.0950. The van der Waals surface area contributed by atoms with Crippen LogP contribution in [0.25, 0.3) is 11.1 Å². The number of amides is 3. The number of rotatable bonds is 5. The first-order valence-corrected chi connectivity index (χ1v) is 8.12. The zero-order valence-corrected chi connectivity index (χ0v) is 13.7. The Hall–Kier alpha value is -2.82. The molecule has 0 bridgehead atoms. The molecule has 2 aromatic rings. The van der Waals surface area contributed by atoms with Crippen LogP contribution in [0, 0.1) is 6.92 Å². The Morgan fingerprint density at radius 2 is 1.92 bits per heavy atom. The highest BCUT2D eigenvalue weighted by Gasteiger charge is 2.18. The van der Waals surface area contributed by atoms with Crippen molar-refractivity contribution in [1.82, 2.24) is 15.5 Å². The fourth-order valence-electron chi connectivity index (χ4n) is 2.83. The van der Waals surface area contributed by atoms with E-state index in [0.29, 0.717) is 31.7 Å². The van der Waals surface area contributed by atoms with Gasteiger partial charge in [-0.3, -0.25) is 4.79 Å². The van der Waals surface area contributed by atoms with Gasteiger partial charge in [-0.2, -0.15) is 0 Å². The molecule has 0 aromatic heterocycles. The number of carbonyl (C=O) groups is 2. The molecule has 1 aliphatic rings. The predicted octanol–water partition coefficient (Wildman–Crippen LogP) is 2.42. The zero-order valence-electron chi connectivity index (χ0n) is 13.7. The molecule has 1 aliphatic heterocycles. The molecule has 2 N–H and O–H groups in total. The molecule has 1 heterocycles. The van der Waals surface area contributed by atoms with Crippen molar-refractivity contribution in [3.05, 3.63) is 59.7 Å². The van der Waals surface area contributed by atoms with Gasteiger partial charge in [0.2, 0.25) is 0 Å². The van der Waals surface area contributed by atoms with Gasteiger partial charge in [-0.15, -0.1) is 0 Å². The summed E-state index contributed by atoms with van der Waals surface area (Å²) in [5, 5.41) is 5.60. The highest BCUT2D eigenvalue weighted by molar-refractivity contribution is 5.94. The Kier molecular flexibility index (Phi) is 4.79. The van der Waals surface area contributed by atoms with E-state index in [1.165, 1.54) is 11.1 Å². The summed E-state index contributed by atoms with van der Waals surface area (Å²) in [6.07, 6.45) is 0. The summed E-state index contributed by atoms with van der Waals surface area (Å²) in [4.78, 5) is 25.3. The Morgan fingerprint density at radius 3 is 2.58 bits per heavy atom. The molecule has 0 atom stereocenters. The van der Waals surface area contributed by atoms with Gasteiger partial charge >= 0.3 is 6.03 Å². The summed E-state index contributed by atoms with van der Waals surface area (Å²) < 4.78 is 0. The average molecular weight is 323 g/mol. The van der Waals surface area contributed by atoms with Crippen LogP contribution in [0.15, 0.2) is 48.5 Å². The fraction of sp³-hybridized carbons (Fsp3) is 0.263.